The lowest BCUT2D eigenvalue weighted by atomic mass is 10.1. The second-order valence-electron chi connectivity index (χ2n) is 5.73. The molecule has 2 aliphatic heterocycles. The van der Waals surface area contributed by atoms with Crippen molar-refractivity contribution in [3.05, 3.63) is 24.7 Å². The third kappa shape index (κ3) is 5.93. The van der Waals surface area contributed by atoms with Crippen LogP contribution in [0.25, 0.3) is 0 Å². The summed E-state index contributed by atoms with van der Waals surface area (Å²) < 4.78 is 32.6. The number of ether oxygens (including phenoxy) is 1. The van der Waals surface area contributed by atoms with Crippen LogP contribution in [0.3, 0.4) is 0 Å². The molecule has 2 heterocycles. The highest BCUT2D eigenvalue weighted by Crippen LogP contribution is 2.55. The molecule has 2 rings (SSSR count). The summed E-state index contributed by atoms with van der Waals surface area (Å²) in [7, 11) is -8.01. The third-order valence-corrected chi connectivity index (χ3v) is 7.02. The van der Waals surface area contributed by atoms with Crippen LogP contribution in [0.15, 0.2) is 29.7 Å². The van der Waals surface area contributed by atoms with Gasteiger partial charge in [0.15, 0.2) is 18.0 Å². The van der Waals surface area contributed by atoms with E-state index in [0.717, 1.165) is 0 Å². The van der Waals surface area contributed by atoms with E-state index >= 15 is 0 Å². The molecule has 0 aromatic heterocycles. The van der Waals surface area contributed by atoms with E-state index in [1.54, 1.807) is 0 Å². The van der Waals surface area contributed by atoms with Crippen molar-refractivity contribution in [2.75, 3.05) is 19.6 Å². The van der Waals surface area contributed by atoms with Crippen LogP contribution in [0.5, 0.6) is 0 Å². The van der Waals surface area contributed by atoms with E-state index in [1.165, 1.54) is 24.3 Å². The van der Waals surface area contributed by atoms with Gasteiger partial charge in [-0.3, -0.25) is 14.0 Å². The molecule has 27 heavy (non-hydrogen) atoms. The second kappa shape index (κ2) is 8.50. The Labute approximate surface area is 154 Å². The Bertz CT molecular complexity index is 722. The number of amidine groups is 1. The molecule has 0 spiro atoms. The number of hydroxylamine groups is 1. The van der Waals surface area contributed by atoms with Gasteiger partial charge in [0.2, 0.25) is 0 Å². The van der Waals surface area contributed by atoms with E-state index < -0.39 is 52.2 Å². The van der Waals surface area contributed by atoms with Gasteiger partial charge in [0.05, 0.1) is 13.7 Å². The zero-order valence-electron chi connectivity index (χ0n) is 14.2. The summed E-state index contributed by atoms with van der Waals surface area (Å²) in [6.45, 7) is 3.02. The molecule has 15 heteroatoms. The zero-order chi connectivity index (χ0) is 20.4. The summed E-state index contributed by atoms with van der Waals surface area (Å²) in [4.78, 5) is 37.1. The number of aliphatic hydroxyl groups is 2. The van der Waals surface area contributed by atoms with Crippen molar-refractivity contribution in [1.82, 2.24) is 10.4 Å². The minimum atomic E-state index is -4.78. The first kappa shape index (κ1) is 22.2. The first-order chi connectivity index (χ1) is 12.4. The van der Waals surface area contributed by atoms with Gasteiger partial charge in [-0.1, -0.05) is 6.58 Å². The van der Waals surface area contributed by atoms with E-state index in [9.17, 15) is 24.2 Å². The number of aliphatic hydroxyl groups excluding tert-OH is 2. The van der Waals surface area contributed by atoms with E-state index in [0.29, 0.717) is 5.84 Å². The molecule has 0 aliphatic carbocycles. The summed E-state index contributed by atoms with van der Waals surface area (Å²) in [6.07, 6.45) is -2.32. The van der Waals surface area contributed by atoms with Crippen molar-refractivity contribution in [2.45, 2.75) is 24.5 Å². The van der Waals surface area contributed by atoms with E-state index in [4.69, 9.17) is 19.4 Å². The summed E-state index contributed by atoms with van der Waals surface area (Å²) >= 11 is 0. The average molecular weight is 429 g/mol. The first-order valence-electron chi connectivity index (χ1n) is 7.49. The molecule has 0 bridgehead atoms. The molecular formula is C12H21N3O10P2. The molecule has 0 aromatic carbocycles. The van der Waals surface area contributed by atoms with Crippen molar-refractivity contribution in [2.24, 2.45) is 4.99 Å². The van der Waals surface area contributed by atoms with Gasteiger partial charge >= 0.3 is 15.2 Å². The molecule has 2 unspecified atom stereocenters. The Kier molecular flexibility index (Phi) is 6.98. The van der Waals surface area contributed by atoms with Crippen molar-refractivity contribution < 1.29 is 48.1 Å². The highest BCUT2D eigenvalue weighted by molar-refractivity contribution is 7.70. The molecule has 154 valence electrons. The number of nitrogens with one attached hydrogen (secondary N) is 1. The Hall–Kier alpha value is -1.11. The van der Waals surface area contributed by atoms with Crippen LogP contribution < -0.4 is 5.48 Å². The minimum Gasteiger partial charge on any atom is -0.387 e. The third-order valence-electron chi connectivity index (χ3n) is 3.56. The summed E-state index contributed by atoms with van der Waals surface area (Å²) in [6, 6.07) is 0. The quantitative estimate of drug-likeness (QED) is 0.206. The average Bonchev–Trinajstić information content (AvgIpc) is 2.79. The Morgan fingerprint density at radius 3 is 2.56 bits per heavy atom. The van der Waals surface area contributed by atoms with Crippen molar-refractivity contribution >= 4 is 21.0 Å². The lowest BCUT2D eigenvalue weighted by molar-refractivity contribution is -0.0672. The van der Waals surface area contributed by atoms with Crippen LogP contribution in [0.1, 0.15) is 0 Å². The minimum absolute atomic E-state index is 0.157. The van der Waals surface area contributed by atoms with Gasteiger partial charge in [0.25, 0.3) is 0 Å². The van der Waals surface area contributed by atoms with Gasteiger partial charge in [-0.15, -0.1) is 0 Å². The van der Waals surface area contributed by atoms with Gasteiger partial charge in [0.1, 0.15) is 24.1 Å². The van der Waals surface area contributed by atoms with Crippen LogP contribution in [0.2, 0.25) is 0 Å². The predicted octanol–water partition coefficient (Wildman–Crippen LogP) is -1.38. The standard InChI is InChI=1S/C12H21N3O10P2/c1-7-13-9(14-23-2)3-4-15(7)12-11(17)10(16)8(25-12)5-24-27(21,22)6-26(18,19)20/h3-4,8,10-12,16-17H,1,5-6H2,2H3,(H,13,14)(H,21,22)(H2,18,19,20)/t8-,10+,11?,12-/m1/s1. The molecule has 0 saturated carbocycles. The number of hydrogen-bond acceptors (Lipinski definition) is 10. The summed E-state index contributed by atoms with van der Waals surface area (Å²) in [5.41, 5.74) is 2.49. The first-order valence-corrected chi connectivity index (χ1v) is 11.1. The Morgan fingerprint density at radius 2 is 2.00 bits per heavy atom. The molecule has 0 aromatic rings. The van der Waals surface area contributed by atoms with Crippen molar-refractivity contribution in [3.8, 4) is 0 Å². The highest BCUT2D eigenvalue weighted by Gasteiger charge is 2.47. The molecule has 2 aliphatic rings. The Balaban J connectivity index is 2.00. The van der Waals surface area contributed by atoms with E-state index in [-0.39, 0.29) is 5.82 Å². The highest BCUT2D eigenvalue weighted by atomic mass is 31.2. The van der Waals surface area contributed by atoms with Crippen LogP contribution in [-0.4, -0.2) is 79.8 Å². The molecule has 5 atom stereocenters. The fourth-order valence-corrected chi connectivity index (χ4v) is 4.99. The molecular weight excluding hydrogens is 408 g/mol. The van der Waals surface area contributed by atoms with Gasteiger partial charge in [-0.2, -0.15) is 0 Å². The monoisotopic (exact) mass is 429 g/mol. The number of nitrogens with zero attached hydrogens (tertiary/aromatic N) is 2. The van der Waals surface area contributed by atoms with Crippen molar-refractivity contribution in [3.63, 3.8) is 0 Å². The predicted molar refractivity (Wildman–Crippen MR) is 91.1 cm³/mol. The largest absolute Gasteiger partial charge is 0.387 e. The molecule has 0 amide bonds. The molecule has 1 saturated heterocycles. The topological polar surface area (TPSA) is 191 Å². The molecule has 1 fully saturated rings. The van der Waals surface area contributed by atoms with Gasteiger partial charge in [-0.25, -0.2) is 10.5 Å². The molecule has 6 N–H and O–H groups in total. The number of hydrogen-bond donors (Lipinski definition) is 6. The molecule has 13 nitrogen and oxygen atoms in total. The SMILES string of the molecule is C=C1N=C(NOC)C=CN1[C@@H]1O[C@H](COP(=O)(O)CP(=O)(O)O)[C@H](O)C1O. The van der Waals surface area contributed by atoms with Crippen LogP contribution in [0.4, 0.5) is 0 Å². The maximum atomic E-state index is 11.7. The van der Waals surface area contributed by atoms with Gasteiger partial charge in [-0.05, 0) is 6.08 Å². The number of rotatable bonds is 7. The number of aliphatic imine (C=N–C) groups is 1. The van der Waals surface area contributed by atoms with Crippen LogP contribution in [0, 0.1) is 0 Å². The van der Waals surface area contributed by atoms with Crippen LogP contribution in [-0.2, 0) is 23.2 Å². The lowest BCUT2D eigenvalue weighted by Gasteiger charge is -2.30. The van der Waals surface area contributed by atoms with Gasteiger partial charge < -0.3 is 39.1 Å². The fraction of sp³-hybridized carbons (Fsp3) is 0.583. The van der Waals surface area contributed by atoms with Crippen LogP contribution >= 0.6 is 15.2 Å². The zero-order valence-corrected chi connectivity index (χ0v) is 15.9. The smallest absolute Gasteiger partial charge is 0.340 e. The Morgan fingerprint density at radius 1 is 1.33 bits per heavy atom. The van der Waals surface area contributed by atoms with E-state index in [2.05, 4.69) is 21.6 Å². The maximum Gasteiger partial charge on any atom is 0.340 e. The fourth-order valence-electron chi connectivity index (χ4n) is 2.42. The normalized spacial score (nSPS) is 31.0. The second-order valence-corrected chi connectivity index (χ2v) is 9.72. The lowest BCUT2D eigenvalue weighted by Crippen LogP contribution is -2.42. The van der Waals surface area contributed by atoms with Crippen molar-refractivity contribution in [1.29, 1.82) is 0 Å². The maximum absolute atomic E-state index is 11.7. The summed E-state index contributed by atoms with van der Waals surface area (Å²) in [5.74, 6) is -0.876. The molecule has 0 radical (unpaired) electrons. The van der Waals surface area contributed by atoms with E-state index in [1.807, 2.05) is 0 Å². The summed E-state index contributed by atoms with van der Waals surface area (Å²) in [5, 5.41) is 20.3. The van der Waals surface area contributed by atoms with Gasteiger partial charge in [0, 0.05) is 6.20 Å².